The van der Waals surface area contributed by atoms with Crippen LogP contribution in [0.2, 0.25) is 10.0 Å². The Bertz CT molecular complexity index is 843. The average molecular weight is 344 g/mol. The molecule has 0 aliphatic heterocycles. The van der Waals surface area contributed by atoms with Crippen molar-refractivity contribution in [2.45, 2.75) is 25.8 Å². The van der Waals surface area contributed by atoms with Crippen molar-refractivity contribution in [2.75, 3.05) is 6.61 Å². The van der Waals surface area contributed by atoms with Gasteiger partial charge in [0.2, 0.25) is 5.43 Å². The smallest absolute Gasteiger partial charge is 0.343 e. The van der Waals surface area contributed by atoms with Gasteiger partial charge in [-0.2, -0.15) is 0 Å². The van der Waals surface area contributed by atoms with Crippen molar-refractivity contribution < 1.29 is 13.9 Å². The maximum Gasteiger partial charge on any atom is 0.343 e. The predicted molar refractivity (Wildman–Crippen MR) is 82.4 cm³/mol. The maximum atomic E-state index is 13.8. The van der Waals surface area contributed by atoms with Crippen LogP contribution in [0, 0.1) is 5.82 Å². The van der Waals surface area contributed by atoms with Gasteiger partial charge in [-0.05, 0) is 25.8 Å². The number of fused-ring (bicyclic) bond motifs is 1. The number of ether oxygens (including phenoxy) is 1. The highest BCUT2D eigenvalue weighted by molar-refractivity contribution is 6.45. The molecule has 0 spiro atoms. The zero-order valence-electron chi connectivity index (χ0n) is 11.7. The van der Waals surface area contributed by atoms with Gasteiger partial charge < -0.3 is 9.30 Å². The molecule has 22 heavy (non-hydrogen) atoms. The third kappa shape index (κ3) is 2.38. The second-order valence-corrected chi connectivity index (χ2v) is 5.87. The lowest BCUT2D eigenvalue weighted by atomic mass is 10.1. The summed E-state index contributed by atoms with van der Waals surface area (Å²) in [4.78, 5) is 24.4. The van der Waals surface area contributed by atoms with Crippen molar-refractivity contribution >= 4 is 40.1 Å². The number of nitrogens with zero attached hydrogens (tertiary/aromatic N) is 1. The number of hydrogen-bond donors (Lipinski definition) is 0. The topological polar surface area (TPSA) is 48.3 Å². The van der Waals surface area contributed by atoms with Crippen LogP contribution in [0.5, 0.6) is 0 Å². The van der Waals surface area contributed by atoms with Gasteiger partial charge >= 0.3 is 5.97 Å². The van der Waals surface area contributed by atoms with E-state index >= 15 is 0 Å². The van der Waals surface area contributed by atoms with Crippen LogP contribution in [0.1, 0.15) is 36.2 Å². The number of carbonyl (C=O) groups excluding carboxylic acids is 1. The number of benzene rings is 1. The number of carbonyl (C=O) groups is 1. The third-order valence-corrected chi connectivity index (χ3v) is 4.42. The zero-order valence-corrected chi connectivity index (χ0v) is 13.2. The number of hydrogen-bond acceptors (Lipinski definition) is 3. The van der Waals surface area contributed by atoms with Crippen LogP contribution in [-0.2, 0) is 4.74 Å². The third-order valence-electron chi connectivity index (χ3n) is 3.59. The molecule has 1 aliphatic rings. The fourth-order valence-corrected chi connectivity index (χ4v) is 2.85. The number of esters is 1. The lowest BCUT2D eigenvalue weighted by Gasteiger charge is -2.14. The van der Waals surface area contributed by atoms with E-state index in [0.717, 1.165) is 18.9 Å². The number of rotatable bonds is 3. The Hall–Kier alpha value is -1.59. The molecule has 1 saturated carbocycles. The van der Waals surface area contributed by atoms with Crippen molar-refractivity contribution in [1.29, 1.82) is 0 Å². The molecule has 0 N–H and O–H groups in total. The molecule has 0 atom stereocenters. The lowest BCUT2D eigenvalue weighted by Crippen LogP contribution is -2.21. The van der Waals surface area contributed by atoms with E-state index in [2.05, 4.69) is 0 Å². The molecule has 116 valence electrons. The minimum atomic E-state index is -0.792. The van der Waals surface area contributed by atoms with Crippen LogP contribution in [0.4, 0.5) is 4.39 Å². The van der Waals surface area contributed by atoms with Gasteiger partial charge in [0.25, 0.3) is 0 Å². The first-order valence-electron chi connectivity index (χ1n) is 6.85. The summed E-state index contributed by atoms with van der Waals surface area (Å²) in [5, 5.41) is -0.215. The van der Waals surface area contributed by atoms with E-state index in [1.807, 2.05) is 0 Å². The fourth-order valence-electron chi connectivity index (χ4n) is 2.41. The van der Waals surface area contributed by atoms with Gasteiger partial charge in [-0.25, -0.2) is 9.18 Å². The van der Waals surface area contributed by atoms with Crippen molar-refractivity contribution in [3.63, 3.8) is 0 Å². The molecular weight excluding hydrogens is 332 g/mol. The quantitative estimate of drug-likeness (QED) is 0.626. The lowest BCUT2D eigenvalue weighted by molar-refractivity contribution is 0.0524. The molecule has 2 aromatic rings. The SMILES string of the molecule is CCOC(=O)c1cn(C2CC2)c2c(Cl)c(Cl)c(F)cc2c1=O. The van der Waals surface area contributed by atoms with Crippen molar-refractivity contribution in [2.24, 2.45) is 0 Å². The molecule has 1 heterocycles. The van der Waals surface area contributed by atoms with Crippen molar-refractivity contribution in [3.8, 4) is 0 Å². The first-order valence-corrected chi connectivity index (χ1v) is 7.60. The summed E-state index contributed by atoms with van der Waals surface area (Å²) in [5.41, 5.74) is -0.379. The predicted octanol–water partition coefficient (Wildman–Crippen LogP) is 3.96. The van der Waals surface area contributed by atoms with Crippen LogP contribution in [0.25, 0.3) is 10.9 Å². The Morgan fingerprint density at radius 1 is 1.41 bits per heavy atom. The molecule has 0 unspecified atom stereocenters. The summed E-state index contributed by atoms with van der Waals surface area (Å²) in [7, 11) is 0. The second kappa shape index (κ2) is 5.56. The first-order chi connectivity index (χ1) is 10.5. The zero-order chi connectivity index (χ0) is 16.0. The fraction of sp³-hybridized carbons (Fsp3) is 0.333. The van der Waals surface area contributed by atoms with Gasteiger partial charge in [0.05, 0.1) is 27.6 Å². The standard InChI is InChI=1S/C15H12Cl2FNO3/c1-2-22-15(21)9-6-19(7-3-4-7)13-8(14(9)20)5-10(18)11(16)12(13)17/h5-7H,2-4H2,1H3. The summed E-state index contributed by atoms with van der Waals surface area (Å²) in [6, 6.07) is 1.14. The molecular formula is C15H12Cl2FNO3. The molecule has 0 bridgehead atoms. The summed E-state index contributed by atoms with van der Waals surface area (Å²) < 4.78 is 20.4. The Balaban J connectivity index is 2.38. The molecule has 0 radical (unpaired) electrons. The Labute approximate surface area is 135 Å². The van der Waals surface area contributed by atoms with Gasteiger partial charge in [0, 0.05) is 12.2 Å². The molecule has 1 aromatic heterocycles. The van der Waals surface area contributed by atoms with Crippen molar-refractivity contribution in [1.82, 2.24) is 4.57 Å². The molecule has 3 rings (SSSR count). The summed E-state index contributed by atoms with van der Waals surface area (Å²) in [6.07, 6.45) is 3.22. The minimum Gasteiger partial charge on any atom is -0.462 e. The first kappa shape index (κ1) is 15.3. The second-order valence-electron chi connectivity index (χ2n) is 5.11. The van der Waals surface area contributed by atoms with E-state index in [1.165, 1.54) is 6.20 Å². The normalized spacial score (nSPS) is 14.4. The molecule has 0 amide bonds. The average Bonchev–Trinajstić information content (AvgIpc) is 3.30. The molecule has 4 nitrogen and oxygen atoms in total. The van der Waals surface area contributed by atoms with Gasteiger partial charge in [0.1, 0.15) is 11.4 Å². The Morgan fingerprint density at radius 2 is 2.09 bits per heavy atom. The van der Waals surface area contributed by atoms with E-state index in [0.29, 0.717) is 5.52 Å². The van der Waals surface area contributed by atoms with Gasteiger partial charge in [-0.3, -0.25) is 4.79 Å². The van der Waals surface area contributed by atoms with E-state index in [1.54, 1.807) is 11.5 Å². The summed E-state index contributed by atoms with van der Waals surface area (Å²) in [5.74, 6) is -1.52. The van der Waals surface area contributed by atoms with E-state index < -0.39 is 17.2 Å². The Morgan fingerprint density at radius 3 is 2.68 bits per heavy atom. The highest BCUT2D eigenvalue weighted by Gasteiger charge is 2.29. The van der Waals surface area contributed by atoms with E-state index in [-0.39, 0.29) is 33.6 Å². The van der Waals surface area contributed by atoms with Gasteiger partial charge in [-0.1, -0.05) is 23.2 Å². The maximum absolute atomic E-state index is 13.8. The highest BCUT2D eigenvalue weighted by atomic mass is 35.5. The molecule has 1 aliphatic carbocycles. The van der Waals surface area contributed by atoms with Crippen LogP contribution in [0.15, 0.2) is 17.1 Å². The number of aromatic nitrogens is 1. The monoisotopic (exact) mass is 343 g/mol. The Kier molecular flexibility index (Phi) is 3.87. The molecule has 0 saturated heterocycles. The molecule has 1 fully saturated rings. The molecule has 7 heteroatoms. The summed E-state index contributed by atoms with van der Waals surface area (Å²) >= 11 is 12.0. The number of halogens is 3. The van der Waals surface area contributed by atoms with Crippen LogP contribution in [0.3, 0.4) is 0 Å². The summed E-state index contributed by atoms with van der Waals surface area (Å²) in [6.45, 7) is 1.80. The van der Waals surface area contributed by atoms with Crippen LogP contribution < -0.4 is 5.43 Å². The highest BCUT2D eigenvalue weighted by Crippen LogP contribution is 2.40. The molecule has 1 aromatic carbocycles. The number of pyridine rings is 1. The van der Waals surface area contributed by atoms with Crippen LogP contribution in [-0.4, -0.2) is 17.1 Å². The van der Waals surface area contributed by atoms with Gasteiger partial charge in [-0.15, -0.1) is 0 Å². The van der Waals surface area contributed by atoms with Gasteiger partial charge in [0.15, 0.2) is 0 Å². The van der Waals surface area contributed by atoms with Crippen LogP contribution >= 0.6 is 23.2 Å². The van der Waals surface area contributed by atoms with E-state index in [4.69, 9.17) is 27.9 Å². The largest absolute Gasteiger partial charge is 0.462 e. The van der Waals surface area contributed by atoms with Crippen molar-refractivity contribution in [3.05, 3.63) is 43.9 Å². The van der Waals surface area contributed by atoms with E-state index in [9.17, 15) is 14.0 Å². The minimum absolute atomic E-state index is 0.0175.